The van der Waals surface area contributed by atoms with Crippen molar-refractivity contribution in [2.45, 2.75) is 38.8 Å². The molecule has 1 unspecified atom stereocenters. The Labute approximate surface area is 211 Å². The topological polar surface area (TPSA) is 153 Å². The van der Waals surface area contributed by atoms with Gasteiger partial charge in [0.05, 0.1) is 19.3 Å². The van der Waals surface area contributed by atoms with Crippen molar-refractivity contribution < 1.29 is 33.1 Å². The van der Waals surface area contributed by atoms with E-state index in [0.29, 0.717) is 23.5 Å². The molecule has 0 aliphatic carbocycles. The number of carbonyl (C=O) groups is 3. The lowest BCUT2D eigenvalue weighted by molar-refractivity contribution is -0.171. The Morgan fingerprint density at radius 2 is 1.97 bits per heavy atom. The zero-order valence-corrected chi connectivity index (χ0v) is 20.4. The van der Waals surface area contributed by atoms with Gasteiger partial charge in [0.15, 0.2) is 11.9 Å². The summed E-state index contributed by atoms with van der Waals surface area (Å²) < 4.78 is 20.8. The molecule has 2 amide bonds. The van der Waals surface area contributed by atoms with E-state index in [-0.39, 0.29) is 12.4 Å². The van der Waals surface area contributed by atoms with Gasteiger partial charge in [0, 0.05) is 31.0 Å². The predicted octanol–water partition coefficient (Wildman–Crippen LogP) is 1.87. The summed E-state index contributed by atoms with van der Waals surface area (Å²) in [6.45, 7) is 3.54. The van der Waals surface area contributed by atoms with E-state index in [9.17, 15) is 19.2 Å². The number of aromatic amines is 1. The highest BCUT2D eigenvalue weighted by molar-refractivity contribution is 6.04. The summed E-state index contributed by atoms with van der Waals surface area (Å²) in [7, 11) is 1.58. The van der Waals surface area contributed by atoms with Gasteiger partial charge < -0.3 is 24.4 Å². The first kappa shape index (κ1) is 25.8. The minimum Gasteiger partial charge on any atom is -0.449 e. The van der Waals surface area contributed by atoms with Crippen LogP contribution < -0.4 is 16.0 Å². The Balaban J connectivity index is 1.55. The van der Waals surface area contributed by atoms with Crippen molar-refractivity contribution in [1.29, 1.82) is 0 Å². The molecule has 37 heavy (non-hydrogen) atoms. The molecule has 4 rings (SSSR count). The van der Waals surface area contributed by atoms with Crippen LogP contribution in [-0.2, 0) is 35.2 Å². The predicted molar refractivity (Wildman–Crippen MR) is 131 cm³/mol. The zero-order valence-electron chi connectivity index (χ0n) is 20.4. The first-order valence-corrected chi connectivity index (χ1v) is 11.4. The number of esters is 1. The smallest absolute Gasteiger partial charge is 0.439 e. The molecule has 2 aromatic carbocycles. The van der Waals surface area contributed by atoms with Crippen molar-refractivity contribution in [3.8, 4) is 11.4 Å². The fourth-order valence-electron chi connectivity index (χ4n) is 3.98. The Kier molecular flexibility index (Phi) is 7.80. The van der Waals surface area contributed by atoms with E-state index in [1.807, 2.05) is 12.1 Å². The molecule has 1 fully saturated rings. The second-order valence-electron chi connectivity index (χ2n) is 8.46. The van der Waals surface area contributed by atoms with Crippen LogP contribution in [0, 0.1) is 0 Å². The third-order valence-electron chi connectivity index (χ3n) is 5.55. The number of methoxy groups -OCH3 is 1. The van der Waals surface area contributed by atoms with Gasteiger partial charge in [-0.15, -0.1) is 0 Å². The van der Waals surface area contributed by atoms with E-state index < -0.39 is 41.9 Å². The van der Waals surface area contributed by atoms with Crippen LogP contribution >= 0.6 is 0 Å². The first-order chi connectivity index (χ1) is 17.7. The van der Waals surface area contributed by atoms with Gasteiger partial charge in [-0.2, -0.15) is 0 Å². The fourth-order valence-corrected chi connectivity index (χ4v) is 3.98. The number of aromatic nitrogens is 2. The second-order valence-corrected chi connectivity index (χ2v) is 8.46. The van der Waals surface area contributed by atoms with Crippen molar-refractivity contribution in [2.75, 3.05) is 23.9 Å². The summed E-state index contributed by atoms with van der Waals surface area (Å²) in [6.07, 6.45) is -3.34. The molecule has 0 saturated carbocycles. The van der Waals surface area contributed by atoms with Crippen LogP contribution in [0.25, 0.3) is 11.4 Å². The van der Waals surface area contributed by atoms with Crippen molar-refractivity contribution in [2.24, 2.45) is 0 Å². The summed E-state index contributed by atoms with van der Waals surface area (Å²) in [5, 5.41) is 6.25. The van der Waals surface area contributed by atoms with Crippen molar-refractivity contribution in [3.05, 3.63) is 64.6 Å². The zero-order chi connectivity index (χ0) is 26.5. The van der Waals surface area contributed by atoms with E-state index >= 15 is 0 Å². The Morgan fingerprint density at radius 1 is 1.22 bits per heavy atom. The Morgan fingerprint density at radius 3 is 2.62 bits per heavy atom. The van der Waals surface area contributed by atoms with E-state index in [1.165, 1.54) is 4.90 Å². The third-order valence-corrected chi connectivity index (χ3v) is 5.55. The summed E-state index contributed by atoms with van der Waals surface area (Å²) in [6, 6.07) is 13.6. The maximum Gasteiger partial charge on any atom is 0.439 e. The van der Waals surface area contributed by atoms with Gasteiger partial charge in [-0.25, -0.2) is 4.79 Å². The lowest BCUT2D eigenvalue weighted by atomic mass is 10.1. The van der Waals surface area contributed by atoms with Gasteiger partial charge in [-0.05, 0) is 48.9 Å². The monoisotopic (exact) mass is 510 g/mol. The Bertz CT molecular complexity index is 1330. The van der Waals surface area contributed by atoms with Crippen LogP contribution in [0.1, 0.15) is 19.4 Å². The number of hydrogen-bond acceptors (Lipinski definition) is 9. The summed E-state index contributed by atoms with van der Waals surface area (Å²) in [4.78, 5) is 53.7. The number of hydrogen-bond donors (Lipinski definition) is 2. The molecule has 1 saturated heterocycles. The van der Waals surface area contributed by atoms with Gasteiger partial charge in [0.25, 0.3) is 11.8 Å². The molecule has 2 N–H and O–H groups in total. The highest BCUT2D eigenvalue weighted by Gasteiger charge is 2.44. The van der Waals surface area contributed by atoms with Crippen molar-refractivity contribution >= 4 is 29.2 Å². The molecule has 0 spiro atoms. The normalized spacial score (nSPS) is 18.4. The van der Waals surface area contributed by atoms with Crippen LogP contribution in [0.2, 0.25) is 0 Å². The van der Waals surface area contributed by atoms with Gasteiger partial charge >= 0.3 is 11.7 Å². The minimum absolute atomic E-state index is 0.227. The molecule has 3 atom stereocenters. The summed E-state index contributed by atoms with van der Waals surface area (Å²) in [5.74, 6) is -2.46. The van der Waals surface area contributed by atoms with Gasteiger partial charge in [0.1, 0.15) is 0 Å². The van der Waals surface area contributed by atoms with Crippen LogP contribution in [0.5, 0.6) is 0 Å². The molecule has 1 aromatic heterocycles. The number of benzene rings is 2. The molecule has 1 aliphatic heterocycles. The van der Waals surface area contributed by atoms with Gasteiger partial charge in [-0.3, -0.25) is 23.9 Å². The molecule has 3 aromatic rings. The first-order valence-electron chi connectivity index (χ1n) is 11.4. The number of H-pyrrole nitrogens is 1. The number of ether oxygens (including phenoxy) is 3. The number of nitrogens with one attached hydrogen (secondary N) is 2. The largest absolute Gasteiger partial charge is 0.449 e. The lowest BCUT2D eigenvalue weighted by Gasteiger charge is -2.38. The summed E-state index contributed by atoms with van der Waals surface area (Å²) in [5.41, 5.74) is 2.39. The highest BCUT2D eigenvalue weighted by Crippen LogP contribution is 2.26. The van der Waals surface area contributed by atoms with E-state index in [1.54, 1.807) is 50.4 Å². The highest BCUT2D eigenvalue weighted by atomic mass is 16.6. The maximum absolute atomic E-state index is 13.5. The molecule has 194 valence electrons. The van der Waals surface area contributed by atoms with Crippen LogP contribution in [0.4, 0.5) is 11.4 Å². The molecular formula is C25H26N4O8. The average Bonchev–Trinajstić information content (AvgIpc) is 3.31. The minimum atomic E-state index is -1.54. The molecule has 0 radical (unpaired) electrons. The molecule has 0 bridgehead atoms. The molecule has 12 nitrogen and oxygen atoms in total. The average molecular weight is 511 g/mol. The number of rotatable bonds is 8. The quantitative estimate of drug-likeness (QED) is 0.432. The van der Waals surface area contributed by atoms with Crippen LogP contribution in [0.15, 0.2) is 57.8 Å². The third kappa shape index (κ3) is 6.11. The number of carbonyl (C=O) groups excluding carboxylic acids is 3. The number of nitrogens with zero attached hydrogens (tertiary/aromatic N) is 2. The molecular weight excluding hydrogens is 484 g/mol. The SMILES string of the molecule is COCc1cccc(N2CC(C)O[C@H]([C@@H](OC(C)=O)C(=O)Nc3ccc(-c4noc(=O)[nH]4)cc3)C2=O)c1. The summed E-state index contributed by atoms with van der Waals surface area (Å²) >= 11 is 0. The van der Waals surface area contributed by atoms with Crippen LogP contribution in [0.3, 0.4) is 0 Å². The van der Waals surface area contributed by atoms with E-state index in [4.69, 9.17) is 14.2 Å². The van der Waals surface area contributed by atoms with E-state index in [2.05, 4.69) is 20.0 Å². The molecule has 2 heterocycles. The van der Waals surface area contributed by atoms with E-state index in [0.717, 1.165) is 12.5 Å². The lowest BCUT2D eigenvalue weighted by Crippen LogP contribution is -2.58. The number of amides is 2. The van der Waals surface area contributed by atoms with Crippen LogP contribution in [-0.4, -0.2) is 59.9 Å². The Hall–Kier alpha value is -4.29. The second kappa shape index (κ2) is 11.2. The maximum atomic E-state index is 13.5. The fraction of sp³-hybridized carbons (Fsp3) is 0.320. The number of morpholine rings is 1. The molecule has 1 aliphatic rings. The van der Waals surface area contributed by atoms with Gasteiger partial charge in [0.2, 0.25) is 6.10 Å². The molecule has 12 heteroatoms. The van der Waals surface area contributed by atoms with Gasteiger partial charge in [-0.1, -0.05) is 17.3 Å². The standard InChI is InChI=1S/C25H26N4O8/c1-14-12-29(19-6-4-5-16(11-19)13-34-3)24(32)21(35-14)20(36-15(2)30)23(31)26-18-9-7-17(8-10-18)22-27-25(33)37-28-22/h4-11,14,20-21H,12-13H2,1-3H3,(H,26,31)(H,27,28,33)/t14?,20-,21-/m1/s1. The van der Waals surface area contributed by atoms with Crippen molar-refractivity contribution in [3.63, 3.8) is 0 Å². The number of anilines is 2. The van der Waals surface area contributed by atoms with Crippen molar-refractivity contribution in [1.82, 2.24) is 10.1 Å².